The number of rotatable bonds is 5. The van der Waals surface area contributed by atoms with Gasteiger partial charge in [-0.3, -0.25) is 14.9 Å². The van der Waals surface area contributed by atoms with Crippen molar-refractivity contribution in [1.82, 2.24) is 19.6 Å². The maximum atomic E-state index is 12.9. The molecule has 0 unspecified atom stereocenters. The number of carbonyl (C=O) groups excluding carboxylic acids is 1. The molecule has 0 spiro atoms. The van der Waals surface area contributed by atoms with Crippen LogP contribution in [0.2, 0.25) is 0 Å². The quantitative estimate of drug-likeness (QED) is 0.526. The lowest BCUT2D eigenvalue weighted by Gasteiger charge is -2.06. The van der Waals surface area contributed by atoms with Gasteiger partial charge in [-0.15, -0.1) is 0 Å². The Kier molecular flexibility index (Phi) is 4.82. The number of fused-ring (bicyclic) bond motifs is 1. The van der Waals surface area contributed by atoms with Gasteiger partial charge in [0.05, 0.1) is 25.0 Å². The molecule has 4 rings (SSSR count). The first-order valence-corrected chi connectivity index (χ1v) is 8.99. The Labute approximate surface area is 165 Å². The van der Waals surface area contributed by atoms with Crippen LogP contribution in [0.4, 0.5) is 0 Å². The van der Waals surface area contributed by atoms with Gasteiger partial charge in [0.25, 0.3) is 5.56 Å². The summed E-state index contributed by atoms with van der Waals surface area (Å²) in [6.45, 7) is 1.85. The fraction of sp³-hybridized carbons (Fsp3) is 0.143. The molecule has 1 N–H and O–H groups in total. The molecule has 1 aromatic carbocycles. The number of hydrogen-bond donors (Lipinski definition) is 1. The van der Waals surface area contributed by atoms with E-state index in [1.54, 1.807) is 26.4 Å². The van der Waals surface area contributed by atoms with Crippen molar-refractivity contribution >= 4 is 11.6 Å². The van der Waals surface area contributed by atoms with Crippen LogP contribution in [-0.4, -0.2) is 39.3 Å². The molecule has 4 aromatic rings. The monoisotopic (exact) mass is 390 g/mol. The van der Waals surface area contributed by atoms with E-state index in [0.717, 1.165) is 11.1 Å². The van der Waals surface area contributed by atoms with Gasteiger partial charge in [0.15, 0.2) is 5.65 Å². The maximum absolute atomic E-state index is 12.9. The van der Waals surface area contributed by atoms with Gasteiger partial charge in [-0.25, -0.2) is 9.78 Å². The van der Waals surface area contributed by atoms with Crippen LogP contribution in [0.5, 0.6) is 5.75 Å². The van der Waals surface area contributed by atoms with Gasteiger partial charge in [0, 0.05) is 24.2 Å². The van der Waals surface area contributed by atoms with Crippen LogP contribution < -0.4 is 10.3 Å². The first-order chi connectivity index (χ1) is 14.1. The minimum atomic E-state index is -0.706. The molecule has 3 heterocycles. The second-order valence-electron chi connectivity index (χ2n) is 6.19. The molecule has 0 fully saturated rings. The van der Waals surface area contributed by atoms with Gasteiger partial charge < -0.3 is 9.47 Å². The van der Waals surface area contributed by atoms with Crippen LogP contribution in [0.1, 0.15) is 17.3 Å². The van der Waals surface area contributed by atoms with Crippen molar-refractivity contribution < 1.29 is 14.3 Å². The van der Waals surface area contributed by atoms with E-state index in [-0.39, 0.29) is 12.2 Å². The van der Waals surface area contributed by atoms with E-state index in [2.05, 4.69) is 15.1 Å². The van der Waals surface area contributed by atoms with Crippen molar-refractivity contribution in [3.05, 3.63) is 70.9 Å². The lowest BCUT2D eigenvalue weighted by molar-refractivity contribution is 0.0523. The topological polar surface area (TPSA) is 98.6 Å². The number of methoxy groups -OCH3 is 1. The van der Waals surface area contributed by atoms with Gasteiger partial charge in [-0.05, 0) is 36.8 Å². The Hall–Kier alpha value is -3.94. The molecule has 0 amide bonds. The highest BCUT2D eigenvalue weighted by Gasteiger charge is 2.21. The van der Waals surface area contributed by atoms with Crippen LogP contribution in [0, 0.1) is 0 Å². The zero-order valence-electron chi connectivity index (χ0n) is 15.9. The summed E-state index contributed by atoms with van der Waals surface area (Å²) in [6, 6.07) is 11.1. The van der Waals surface area contributed by atoms with Gasteiger partial charge >= 0.3 is 5.97 Å². The van der Waals surface area contributed by atoms with E-state index in [1.807, 2.05) is 36.4 Å². The largest absolute Gasteiger partial charge is 0.497 e. The third-order valence-electron chi connectivity index (χ3n) is 4.48. The van der Waals surface area contributed by atoms with Crippen molar-refractivity contribution in [1.29, 1.82) is 0 Å². The fourth-order valence-electron chi connectivity index (χ4n) is 3.14. The third kappa shape index (κ3) is 3.25. The first kappa shape index (κ1) is 18.4. The average Bonchev–Trinajstić information content (AvgIpc) is 3.15. The van der Waals surface area contributed by atoms with Crippen LogP contribution in [0.3, 0.4) is 0 Å². The Balaban J connectivity index is 2.03. The number of H-pyrrole nitrogens is 1. The van der Waals surface area contributed by atoms with E-state index in [9.17, 15) is 9.59 Å². The molecule has 0 aliphatic carbocycles. The van der Waals surface area contributed by atoms with Crippen molar-refractivity contribution in [2.45, 2.75) is 6.92 Å². The second kappa shape index (κ2) is 7.59. The molecule has 3 aromatic heterocycles. The average molecular weight is 390 g/mol. The number of carbonyl (C=O) groups is 1. The molecule has 8 heteroatoms. The zero-order valence-corrected chi connectivity index (χ0v) is 15.9. The SMILES string of the molecule is CCOC(=O)c1cnc2c(-c3cccc(OC)c3)c(-c3ccncc3)[nH]n2c1=O. The van der Waals surface area contributed by atoms with E-state index < -0.39 is 11.5 Å². The summed E-state index contributed by atoms with van der Waals surface area (Å²) in [5.41, 5.74) is 2.74. The van der Waals surface area contributed by atoms with Crippen LogP contribution in [0.25, 0.3) is 28.0 Å². The van der Waals surface area contributed by atoms with E-state index in [1.165, 1.54) is 10.7 Å². The highest BCUT2D eigenvalue weighted by molar-refractivity contribution is 5.92. The molecule has 0 bridgehead atoms. The van der Waals surface area contributed by atoms with Gasteiger partial charge in [-0.2, -0.15) is 4.52 Å². The van der Waals surface area contributed by atoms with E-state index >= 15 is 0 Å². The number of aromatic amines is 1. The van der Waals surface area contributed by atoms with Crippen molar-refractivity contribution in [2.75, 3.05) is 13.7 Å². The number of benzene rings is 1. The highest BCUT2D eigenvalue weighted by Crippen LogP contribution is 2.35. The number of aromatic nitrogens is 4. The lowest BCUT2D eigenvalue weighted by Crippen LogP contribution is -2.24. The second-order valence-corrected chi connectivity index (χ2v) is 6.19. The maximum Gasteiger partial charge on any atom is 0.345 e. The predicted molar refractivity (Wildman–Crippen MR) is 107 cm³/mol. The third-order valence-corrected chi connectivity index (χ3v) is 4.48. The summed E-state index contributed by atoms with van der Waals surface area (Å²) in [4.78, 5) is 33.5. The number of nitrogens with one attached hydrogen (secondary N) is 1. The summed E-state index contributed by atoms with van der Waals surface area (Å²) >= 11 is 0. The van der Waals surface area contributed by atoms with E-state index in [0.29, 0.717) is 22.7 Å². The van der Waals surface area contributed by atoms with Gasteiger partial charge in [-0.1, -0.05) is 12.1 Å². The fourth-order valence-corrected chi connectivity index (χ4v) is 3.14. The summed E-state index contributed by atoms with van der Waals surface area (Å²) in [7, 11) is 1.59. The van der Waals surface area contributed by atoms with Crippen molar-refractivity contribution in [3.8, 4) is 28.1 Å². The van der Waals surface area contributed by atoms with Gasteiger partial charge in [0.1, 0.15) is 11.3 Å². The van der Waals surface area contributed by atoms with Crippen molar-refractivity contribution in [3.63, 3.8) is 0 Å². The normalized spacial score (nSPS) is 10.8. The van der Waals surface area contributed by atoms with Crippen LogP contribution >= 0.6 is 0 Å². The molecule has 8 nitrogen and oxygen atoms in total. The van der Waals surface area contributed by atoms with Crippen molar-refractivity contribution in [2.24, 2.45) is 0 Å². The minimum Gasteiger partial charge on any atom is -0.497 e. The zero-order chi connectivity index (χ0) is 20.4. The molecule has 0 saturated carbocycles. The molecule has 146 valence electrons. The first-order valence-electron chi connectivity index (χ1n) is 8.99. The summed E-state index contributed by atoms with van der Waals surface area (Å²) < 4.78 is 11.6. The number of esters is 1. The molecular weight excluding hydrogens is 372 g/mol. The summed E-state index contributed by atoms with van der Waals surface area (Å²) in [5, 5.41) is 3.09. The number of ether oxygens (including phenoxy) is 2. The van der Waals surface area contributed by atoms with Gasteiger partial charge in [0.2, 0.25) is 0 Å². The lowest BCUT2D eigenvalue weighted by atomic mass is 10.0. The molecular formula is C21H18N4O4. The van der Waals surface area contributed by atoms with Crippen LogP contribution in [0.15, 0.2) is 59.8 Å². The summed E-state index contributed by atoms with van der Waals surface area (Å²) in [6.07, 6.45) is 4.58. The molecule has 0 aliphatic rings. The number of pyridine rings is 1. The minimum absolute atomic E-state index is 0.135. The number of hydrogen-bond acceptors (Lipinski definition) is 6. The molecule has 0 atom stereocenters. The summed E-state index contributed by atoms with van der Waals surface area (Å²) in [5.74, 6) is -0.0320. The standard InChI is InChI=1S/C21H18N4O4/c1-3-29-21(27)16-12-23-19-17(14-5-4-6-15(11-14)28-2)18(24-25(19)20(16)26)13-7-9-22-10-8-13/h4-12,24H,3H2,1-2H3. The Bertz CT molecular complexity index is 1240. The molecule has 0 radical (unpaired) electrons. The Morgan fingerprint density at radius 1 is 1.17 bits per heavy atom. The molecule has 29 heavy (non-hydrogen) atoms. The van der Waals surface area contributed by atoms with E-state index in [4.69, 9.17) is 9.47 Å². The molecule has 0 saturated heterocycles. The number of nitrogens with zero attached hydrogens (tertiary/aromatic N) is 3. The predicted octanol–water partition coefficient (Wildman–Crippen LogP) is 2.94. The van der Waals surface area contributed by atoms with Crippen LogP contribution in [-0.2, 0) is 4.74 Å². The Morgan fingerprint density at radius 3 is 2.69 bits per heavy atom. The smallest absolute Gasteiger partial charge is 0.345 e. The highest BCUT2D eigenvalue weighted by atomic mass is 16.5. The molecule has 0 aliphatic heterocycles. The Morgan fingerprint density at radius 2 is 1.97 bits per heavy atom.